The van der Waals surface area contributed by atoms with Crippen LogP contribution in [0.3, 0.4) is 0 Å². The van der Waals surface area contributed by atoms with E-state index in [0.29, 0.717) is 0 Å². The van der Waals surface area contributed by atoms with E-state index < -0.39 is 0 Å². The molecule has 0 unspecified atom stereocenters. The molecule has 0 aromatic heterocycles. The first-order chi connectivity index (χ1) is 6.03. The second-order valence-electron chi connectivity index (χ2n) is 4.94. The number of hydrogen-bond acceptors (Lipinski definition) is 2. The van der Waals surface area contributed by atoms with Gasteiger partial charge in [-0.05, 0) is 45.6 Å². The van der Waals surface area contributed by atoms with Crippen LogP contribution in [0.4, 0.5) is 0 Å². The van der Waals surface area contributed by atoms with Crippen LogP contribution in [0.5, 0.6) is 0 Å². The number of hydrogen-bond donors (Lipinski definition) is 1. The van der Waals surface area contributed by atoms with Crippen molar-refractivity contribution >= 4 is 0 Å². The molecule has 1 fully saturated rings. The molecule has 2 heteroatoms. The van der Waals surface area contributed by atoms with Crippen molar-refractivity contribution in [2.45, 2.75) is 51.7 Å². The highest BCUT2D eigenvalue weighted by molar-refractivity contribution is 4.83. The summed E-state index contributed by atoms with van der Waals surface area (Å²) in [6.45, 7) is 7.67. The van der Waals surface area contributed by atoms with Gasteiger partial charge in [-0.15, -0.1) is 0 Å². The highest BCUT2D eigenvalue weighted by Crippen LogP contribution is 2.26. The Morgan fingerprint density at radius 1 is 1.38 bits per heavy atom. The van der Waals surface area contributed by atoms with Crippen LogP contribution in [0.1, 0.15) is 40.0 Å². The van der Waals surface area contributed by atoms with Gasteiger partial charge in [0.15, 0.2) is 0 Å². The third kappa shape index (κ3) is 3.65. The first-order valence-corrected chi connectivity index (χ1v) is 5.32. The highest BCUT2D eigenvalue weighted by atomic mass is 16.5. The van der Waals surface area contributed by atoms with E-state index in [1.165, 1.54) is 12.8 Å². The molecule has 2 nitrogen and oxygen atoms in total. The van der Waals surface area contributed by atoms with Gasteiger partial charge in [0.1, 0.15) is 0 Å². The summed E-state index contributed by atoms with van der Waals surface area (Å²) < 4.78 is 5.35. The fourth-order valence-corrected chi connectivity index (χ4v) is 1.75. The first-order valence-electron chi connectivity index (χ1n) is 5.32. The third-order valence-electron chi connectivity index (χ3n) is 3.09. The van der Waals surface area contributed by atoms with E-state index in [2.05, 4.69) is 26.1 Å². The van der Waals surface area contributed by atoms with Crippen LogP contribution in [0.2, 0.25) is 0 Å². The Hall–Kier alpha value is -0.0800. The lowest BCUT2D eigenvalue weighted by atomic mass is 9.82. The van der Waals surface area contributed by atoms with Gasteiger partial charge in [0.25, 0.3) is 0 Å². The van der Waals surface area contributed by atoms with Gasteiger partial charge in [-0.25, -0.2) is 0 Å². The van der Waals surface area contributed by atoms with Gasteiger partial charge in [-0.1, -0.05) is 6.92 Å². The largest absolute Gasteiger partial charge is 0.379 e. The molecule has 0 spiro atoms. The fraction of sp³-hybridized carbons (Fsp3) is 1.00. The average Bonchev–Trinajstić information content (AvgIpc) is 2.01. The zero-order valence-electron chi connectivity index (χ0n) is 9.39. The quantitative estimate of drug-likeness (QED) is 0.709. The summed E-state index contributed by atoms with van der Waals surface area (Å²) in [5.74, 6) is 0.938. The van der Waals surface area contributed by atoms with Crippen LogP contribution in [-0.2, 0) is 4.74 Å². The molecule has 0 saturated heterocycles. The summed E-state index contributed by atoms with van der Waals surface area (Å²) in [5.41, 5.74) is 0.0301. The van der Waals surface area contributed by atoms with Crippen molar-refractivity contribution in [2.24, 2.45) is 5.92 Å². The maximum atomic E-state index is 5.35. The number of methoxy groups -OCH3 is 1. The molecule has 1 N–H and O–H groups in total. The van der Waals surface area contributed by atoms with Crippen molar-refractivity contribution in [3.8, 4) is 0 Å². The summed E-state index contributed by atoms with van der Waals surface area (Å²) in [6.07, 6.45) is 3.80. The molecule has 0 bridgehead atoms. The van der Waals surface area contributed by atoms with Crippen molar-refractivity contribution < 1.29 is 4.74 Å². The molecule has 0 aromatic carbocycles. The van der Waals surface area contributed by atoms with Crippen LogP contribution >= 0.6 is 0 Å². The maximum absolute atomic E-state index is 5.35. The zero-order chi connectivity index (χ0) is 9.90. The van der Waals surface area contributed by atoms with Crippen molar-refractivity contribution in [1.29, 1.82) is 0 Å². The summed E-state index contributed by atoms with van der Waals surface area (Å²) in [6, 6.07) is 0.780. The Labute approximate surface area is 82.0 Å². The van der Waals surface area contributed by atoms with E-state index in [0.717, 1.165) is 24.9 Å². The van der Waals surface area contributed by atoms with Gasteiger partial charge in [0.2, 0.25) is 0 Å². The molecular weight excluding hydrogens is 162 g/mol. The zero-order valence-corrected chi connectivity index (χ0v) is 9.39. The first kappa shape index (κ1) is 11.0. The van der Waals surface area contributed by atoms with E-state index >= 15 is 0 Å². The Morgan fingerprint density at radius 3 is 2.46 bits per heavy atom. The smallest absolute Gasteiger partial charge is 0.0634 e. The van der Waals surface area contributed by atoms with Crippen molar-refractivity contribution in [2.75, 3.05) is 13.7 Å². The third-order valence-corrected chi connectivity index (χ3v) is 3.09. The molecular formula is C11H23NO. The fourth-order valence-electron chi connectivity index (χ4n) is 1.75. The molecule has 1 saturated carbocycles. The minimum absolute atomic E-state index is 0.0301. The molecule has 0 aromatic rings. The molecule has 0 amide bonds. The van der Waals surface area contributed by atoms with E-state index in [1.807, 2.05) is 0 Å². The van der Waals surface area contributed by atoms with Crippen LogP contribution in [0.15, 0.2) is 0 Å². The molecule has 1 aliphatic rings. The van der Waals surface area contributed by atoms with E-state index in [-0.39, 0.29) is 5.60 Å². The van der Waals surface area contributed by atoms with Crippen molar-refractivity contribution in [1.82, 2.24) is 5.32 Å². The highest BCUT2D eigenvalue weighted by Gasteiger charge is 2.25. The Morgan fingerprint density at radius 2 is 2.00 bits per heavy atom. The van der Waals surface area contributed by atoms with Gasteiger partial charge < -0.3 is 10.1 Å². The van der Waals surface area contributed by atoms with Gasteiger partial charge in [-0.2, -0.15) is 0 Å². The van der Waals surface area contributed by atoms with Gasteiger partial charge in [0, 0.05) is 13.2 Å². The molecule has 0 heterocycles. The number of nitrogens with one attached hydrogen (secondary N) is 1. The lowest BCUT2D eigenvalue weighted by Gasteiger charge is -2.34. The molecule has 13 heavy (non-hydrogen) atoms. The minimum atomic E-state index is 0.0301. The van der Waals surface area contributed by atoms with E-state index in [1.54, 1.807) is 7.11 Å². The lowest BCUT2D eigenvalue weighted by Crippen LogP contribution is -2.42. The summed E-state index contributed by atoms with van der Waals surface area (Å²) in [4.78, 5) is 0. The van der Waals surface area contributed by atoms with Gasteiger partial charge >= 0.3 is 0 Å². The second kappa shape index (κ2) is 4.43. The predicted octanol–water partition coefficient (Wildman–Crippen LogP) is 2.19. The Kier molecular flexibility index (Phi) is 3.74. The van der Waals surface area contributed by atoms with Crippen molar-refractivity contribution in [3.63, 3.8) is 0 Å². The summed E-state index contributed by atoms with van der Waals surface area (Å²) in [7, 11) is 1.78. The number of rotatable bonds is 5. The molecule has 1 aliphatic carbocycles. The average molecular weight is 185 g/mol. The predicted molar refractivity (Wildman–Crippen MR) is 55.9 cm³/mol. The maximum Gasteiger partial charge on any atom is 0.0634 e. The summed E-state index contributed by atoms with van der Waals surface area (Å²) in [5, 5.41) is 3.56. The monoisotopic (exact) mass is 185 g/mol. The molecule has 78 valence electrons. The standard InChI is InChI=1S/C11H23NO/c1-9-7-10(8-9)12-6-5-11(2,3)13-4/h9-10,12H,5-8H2,1-4H3. The summed E-state index contributed by atoms with van der Waals surface area (Å²) >= 11 is 0. The Bertz CT molecular complexity index is 150. The Balaban J connectivity index is 2.01. The second-order valence-corrected chi connectivity index (χ2v) is 4.94. The van der Waals surface area contributed by atoms with Crippen molar-refractivity contribution in [3.05, 3.63) is 0 Å². The van der Waals surface area contributed by atoms with Gasteiger partial charge in [-0.3, -0.25) is 0 Å². The van der Waals surface area contributed by atoms with E-state index in [4.69, 9.17) is 4.74 Å². The van der Waals surface area contributed by atoms with Crippen LogP contribution in [-0.4, -0.2) is 25.3 Å². The van der Waals surface area contributed by atoms with Crippen LogP contribution in [0, 0.1) is 5.92 Å². The molecule has 0 radical (unpaired) electrons. The molecule has 0 aliphatic heterocycles. The van der Waals surface area contributed by atoms with Gasteiger partial charge in [0.05, 0.1) is 5.60 Å². The van der Waals surface area contributed by atoms with E-state index in [9.17, 15) is 0 Å². The molecule has 1 rings (SSSR count). The van der Waals surface area contributed by atoms with Crippen LogP contribution in [0.25, 0.3) is 0 Å². The number of ether oxygens (including phenoxy) is 1. The minimum Gasteiger partial charge on any atom is -0.379 e. The SMILES string of the molecule is COC(C)(C)CCNC1CC(C)C1. The topological polar surface area (TPSA) is 21.3 Å². The lowest BCUT2D eigenvalue weighted by molar-refractivity contribution is 0.0143. The normalized spacial score (nSPS) is 28.6. The molecule has 0 atom stereocenters. The van der Waals surface area contributed by atoms with Crippen LogP contribution < -0.4 is 5.32 Å².